The lowest BCUT2D eigenvalue weighted by molar-refractivity contribution is -0.118. The number of carbonyl (C=O) groups excluding carboxylic acids is 1. The monoisotopic (exact) mass is 247 g/mol. The number of hydrogen-bond donors (Lipinski definition) is 1. The topological polar surface area (TPSA) is 68.9 Å². The Labute approximate surface area is 104 Å². The van der Waals surface area contributed by atoms with Crippen molar-refractivity contribution in [1.29, 1.82) is 0 Å². The summed E-state index contributed by atoms with van der Waals surface area (Å²) < 4.78 is 3.83. The molecule has 1 amide bonds. The molecule has 0 aliphatic heterocycles. The first-order chi connectivity index (χ1) is 8.25. The van der Waals surface area contributed by atoms with E-state index in [1.165, 1.54) is 17.1 Å². The van der Waals surface area contributed by atoms with Gasteiger partial charge in [0.1, 0.15) is 0 Å². The Balaban J connectivity index is 1.96. The number of amides is 1. The van der Waals surface area contributed by atoms with Crippen molar-refractivity contribution >= 4 is 17.4 Å². The van der Waals surface area contributed by atoms with Gasteiger partial charge in [-0.05, 0) is 35.5 Å². The Hall–Kier alpha value is -1.75. The predicted molar refractivity (Wildman–Crippen MR) is 67.5 cm³/mol. The standard InChI is InChI=1S/C12H13N3OS/c13-12(16)3-1-2-9-4-6-10(7-5-9)11-8-14-15-17-11/h4-8H,1-3H2,(H2,13,16). The van der Waals surface area contributed by atoms with E-state index in [2.05, 4.69) is 33.9 Å². The molecule has 4 nitrogen and oxygen atoms in total. The zero-order valence-corrected chi connectivity index (χ0v) is 10.1. The molecule has 2 aromatic rings. The van der Waals surface area contributed by atoms with Crippen LogP contribution in [0.5, 0.6) is 0 Å². The number of carbonyl (C=O) groups is 1. The molecule has 0 atom stereocenters. The van der Waals surface area contributed by atoms with Crippen molar-refractivity contribution in [1.82, 2.24) is 9.59 Å². The summed E-state index contributed by atoms with van der Waals surface area (Å²) in [5, 5.41) is 3.81. The number of aromatic nitrogens is 2. The van der Waals surface area contributed by atoms with Gasteiger partial charge in [-0.25, -0.2) is 0 Å². The third kappa shape index (κ3) is 3.35. The second kappa shape index (κ2) is 5.54. The zero-order chi connectivity index (χ0) is 12.1. The lowest BCUT2D eigenvalue weighted by atomic mass is 10.1. The number of hydrogen-bond acceptors (Lipinski definition) is 4. The first-order valence-electron chi connectivity index (χ1n) is 5.40. The van der Waals surface area contributed by atoms with Gasteiger partial charge in [-0.3, -0.25) is 4.79 Å². The largest absolute Gasteiger partial charge is 0.370 e. The smallest absolute Gasteiger partial charge is 0.217 e. The number of nitrogens with two attached hydrogens (primary N) is 1. The van der Waals surface area contributed by atoms with E-state index in [-0.39, 0.29) is 5.91 Å². The van der Waals surface area contributed by atoms with Crippen LogP contribution in [0.25, 0.3) is 10.4 Å². The van der Waals surface area contributed by atoms with Gasteiger partial charge in [0.05, 0.1) is 11.1 Å². The van der Waals surface area contributed by atoms with Crippen molar-refractivity contribution in [2.75, 3.05) is 0 Å². The predicted octanol–water partition coefficient (Wildman–Crippen LogP) is 2.01. The summed E-state index contributed by atoms with van der Waals surface area (Å²) in [6.45, 7) is 0. The van der Waals surface area contributed by atoms with Gasteiger partial charge >= 0.3 is 0 Å². The summed E-state index contributed by atoms with van der Waals surface area (Å²) in [5.41, 5.74) is 7.43. The second-order valence-electron chi connectivity index (χ2n) is 3.80. The fourth-order valence-corrected chi connectivity index (χ4v) is 2.11. The molecule has 2 rings (SSSR count). The normalized spacial score (nSPS) is 10.4. The van der Waals surface area contributed by atoms with Crippen LogP contribution in [-0.2, 0) is 11.2 Å². The summed E-state index contributed by atoms with van der Waals surface area (Å²) >= 11 is 1.38. The maximum atomic E-state index is 10.6. The number of primary amides is 1. The molecule has 0 saturated carbocycles. The minimum absolute atomic E-state index is 0.239. The Morgan fingerprint density at radius 3 is 2.65 bits per heavy atom. The SMILES string of the molecule is NC(=O)CCCc1ccc(-c2cnns2)cc1. The number of aryl methyl sites for hydroxylation is 1. The van der Waals surface area contributed by atoms with Gasteiger partial charge < -0.3 is 5.73 Å². The van der Waals surface area contributed by atoms with Gasteiger partial charge in [0.15, 0.2) is 0 Å². The second-order valence-corrected chi connectivity index (χ2v) is 4.58. The van der Waals surface area contributed by atoms with Crippen molar-refractivity contribution in [3.05, 3.63) is 36.0 Å². The first kappa shape index (κ1) is 11.7. The highest BCUT2D eigenvalue weighted by Gasteiger charge is 2.01. The fourth-order valence-electron chi connectivity index (χ4n) is 1.60. The fraction of sp³-hybridized carbons (Fsp3) is 0.250. The maximum Gasteiger partial charge on any atom is 0.217 e. The van der Waals surface area contributed by atoms with E-state index in [0.717, 1.165) is 23.3 Å². The molecule has 0 unspecified atom stereocenters. The lowest BCUT2D eigenvalue weighted by Gasteiger charge is -2.01. The molecular weight excluding hydrogens is 234 g/mol. The summed E-state index contributed by atoms with van der Waals surface area (Å²) in [4.78, 5) is 11.7. The van der Waals surface area contributed by atoms with Gasteiger partial charge in [0.2, 0.25) is 5.91 Å². The molecule has 2 N–H and O–H groups in total. The van der Waals surface area contributed by atoms with E-state index in [1.807, 2.05) is 0 Å². The molecule has 1 heterocycles. The van der Waals surface area contributed by atoms with Crippen LogP contribution in [-0.4, -0.2) is 15.5 Å². The van der Waals surface area contributed by atoms with E-state index in [9.17, 15) is 4.79 Å². The highest BCUT2D eigenvalue weighted by molar-refractivity contribution is 7.09. The van der Waals surface area contributed by atoms with E-state index in [0.29, 0.717) is 6.42 Å². The first-order valence-corrected chi connectivity index (χ1v) is 6.18. The van der Waals surface area contributed by atoms with Gasteiger partial charge in [-0.15, -0.1) is 5.10 Å². The molecule has 88 valence electrons. The Morgan fingerprint density at radius 2 is 2.06 bits per heavy atom. The molecule has 0 aliphatic rings. The molecule has 0 radical (unpaired) electrons. The van der Waals surface area contributed by atoms with Crippen LogP contribution in [0.2, 0.25) is 0 Å². The molecule has 0 saturated heterocycles. The maximum absolute atomic E-state index is 10.6. The van der Waals surface area contributed by atoms with E-state index in [1.54, 1.807) is 6.20 Å². The van der Waals surface area contributed by atoms with Gasteiger partial charge in [0, 0.05) is 6.42 Å². The molecule has 0 aliphatic carbocycles. The van der Waals surface area contributed by atoms with Crippen LogP contribution in [0.4, 0.5) is 0 Å². The highest BCUT2D eigenvalue weighted by atomic mass is 32.1. The molecule has 5 heteroatoms. The van der Waals surface area contributed by atoms with Gasteiger partial charge in [-0.2, -0.15) is 0 Å². The average molecular weight is 247 g/mol. The van der Waals surface area contributed by atoms with E-state index >= 15 is 0 Å². The summed E-state index contributed by atoms with van der Waals surface area (Å²) in [6.07, 6.45) is 3.88. The third-order valence-corrected chi connectivity index (χ3v) is 3.20. The molecule has 0 spiro atoms. The van der Waals surface area contributed by atoms with Crippen LogP contribution >= 0.6 is 11.5 Å². The Morgan fingerprint density at radius 1 is 1.29 bits per heavy atom. The number of nitrogens with zero attached hydrogens (tertiary/aromatic N) is 2. The van der Waals surface area contributed by atoms with Crippen LogP contribution in [0, 0.1) is 0 Å². The molecule has 1 aromatic carbocycles. The summed E-state index contributed by atoms with van der Waals surface area (Å²) in [6, 6.07) is 8.23. The summed E-state index contributed by atoms with van der Waals surface area (Å²) in [5.74, 6) is -0.239. The number of rotatable bonds is 5. The number of benzene rings is 1. The van der Waals surface area contributed by atoms with Gasteiger partial charge in [0.25, 0.3) is 0 Å². The Bertz CT molecular complexity index is 479. The van der Waals surface area contributed by atoms with E-state index < -0.39 is 0 Å². The van der Waals surface area contributed by atoms with E-state index in [4.69, 9.17) is 5.73 Å². The summed E-state index contributed by atoms with van der Waals surface area (Å²) in [7, 11) is 0. The lowest BCUT2D eigenvalue weighted by Crippen LogP contribution is -2.10. The molecule has 0 fully saturated rings. The minimum Gasteiger partial charge on any atom is -0.370 e. The molecular formula is C12H13N3OS. The van der Waals surface area contributed by atoms with Crippen LogP contribution in [0.3, 0.4) is 0 Å². The average Bonchev–Trinajstić information content (AvgIpc) is 2.83. The van der Waals surface area contributed by atoms with Crippen molar-refractivity contribution < 1.29 is 4.79 Å². The van der Waals surface area contributed by atoms with Crippen molar-refractivity contribution in [2.24, 2.45) is 5.73 Å². The molecule has 17 heavy (non-hydrogen) atoms. The van der Waals surface area contributed by atoms with Crippen LogP contribution < -0.4 is 5.73 Å². The quantitative estimate of drug-likeness (QED) is 0.878. The van der Waals surface area contributed by atoms with Crippen molar-refractivity contribution in [3.8, 4) is 10.4 Å². The van der Waals surface area contributed by atoms with Crippen molar-refractivity contribution in [3.63, 3.8) is 0 Å². The molecule has 1 aromatic heterocycles. The van der Waals surface area contributed by atoms with Crippen molar-refractivity contribution in [2.45, 2.75) is 19.3 Å². The highest BCUT2D eigenvalue weighted by Crippen LogP contribution is 2.22. The van der Waals surface area contributed by atoms with Gasteiger partial charge in [-0.1, -0.05) is 28.8 Å². The van der Waals surface area contributed by atoms with Crippen LogP contribution in [0.15, 0.2) is 30.5 Å². The Kier molecular flexibility index (Phi) is 3.82. The van der Waals surface area contributed by atoms with Crippen LogP contribution in [0.1, 0.15) is 18.4 Å². The minimum atomic E-state index is -0.239. The molecule has 0 bridgehead atoms. The zero-order valence-electron chi connectivity index (χ0n) is 9.30. The third-order valence-electron chi connectivity index (χ3n) is 2.49.